The van der Waals surface area contributed by atoms with Crippen LogP contribution in [0.4, 0.5) is 10.8 Å². The van der Waals surface area contributed by atoms with E-state index >= 15 is 0 Å². The van der Waals surface area contributed by atoms with Gasteiger partial charge in [-0.25, -0.2) is 4.98 Å². The fourth-order valence-electron chi connectivity index (χ4n) is 2.25. The first kappa shape index (κ1) is 12.9. The second kappa shape index (κ2) is 5.54. The lowest BCUT2D eigenvalue weighted by atomic mass is 10.2. The van der Waals surface area contributed by atoms with E-state index in [1.165, 1.54) is 0 Å². The van der Waals surface area contributed by atoms with Crippen molar-refractivity contribution in [1.29, 1.82) is 0 Å². The molecule has 106 valence electrons. The lowest BCUT2D eigenvalue weighted by molar-refractivity contribution is 1.31. The van der Waals surface area contributed by atoms with Crippen LogP contribution in [-0.2, 0) is 0 Å². The summed E-state index contributed by atoms with van der Waals surface area (Å²) in [5.41, 5.74) is 3.94. The summed E-state index contributed by atoms with van der Waals surface area (Å²) >= 11 is 1.57. The fraction of sp³-hybridized carbons (Fsp3) is 0. The van der Waals surface area contributed by atoms with Crippen LogP contribution in [0.1, 0.15) is 0 Å². The molecule has 1 N–H and O–H groups in total. The van der Waals surface area contributed by atoms with Crippen LogP contribution in [0.5, 0.6) is 0 Å². The van der Waals surface area contributed by atoms with Gasteiger partial charge in [-0.15, -0.1) is 11.3 Å². The van der Waals surface area contributed by atoms with Gasteiger partial charge in [-0.1, -0.05) is 18.2 Å². The molecule has 4 nitrogen and oxygen atoms in total. The minimum Gasteiger partial charge on any atom is -0.330 e. The third-order valence-electron chi connectivity index (χ3n) is 3.32. The number of hydrogen-bond donors (Lipinski definition) is 1. The molecule has 0 atom stereocenters. The van der Waals surface area contributed by atoms with Crippen LogP contribution in [0.2, 0.25) is 0 Å². The maximum Gasteiger partial charge on any atom is 0.187 e. The number of rotatable bonds is 3. The maximum atomic E-state index is 4.61. The van der Waals surface area contributed by atoms with Crippen LogP contribution >= 0.6 is 11.3 Å². The molecule has 0 aliphatic heterocycles. The van der Waals surface area contributed by atoms with Gasteiger partial charge in [0.1, 0.15) is 0 Å². The summed E-state index contributed by atoms with van der Waals surface area (Å²) in [4.78, 5) is 13.1. The molecule has 3 heterocycles. The van der Waals surface area contributed by atoms with E-state index in [2.05, 4.69) is 32.4 Å². The zero-order chi connectivity index (χ0) is 14.8. The molecule has 0 fully saturated rings. The molecule has 0 amide bonds. The summed E-state index contributed by atoms with van der Waals surface area (Å²) in [6.45, 7) is 0. The molecule has 0 aliphatic rings. The number of pyridine rings is 2. The zero-order valence-electron chi connectivity index (χ0n) is 11.6. The smallest absolute Gasteiger partial charge is 0.187 e. The molecular weight excluding hydrogens is 292 g/mol. The largest absolute Gasteiger partial charge is 0.330 e. The van der Waals surface area contributed by atoms with Crippen molar-refractivity contribution in [3.8, 4) is 11.3 Å². The van der Waals surface area contributed by atoms with Crippen molar-refractivity contribution in [2.45, 2.75) is 0 Å². The van der Waals surface area contributed by atoms with E-state index in [4.69, 9.17) is 0 Å². The topological polar surface area (TPSA) is 50.7 Å². The fourth-order valence-corrected chi connectivity index (χ4v) is 2.99. The normalized spacial score (nSPS) is 10.7. The molecule has 0 saturated heterocycles. The van der Waals surface area contributed by atoms with E-state index in [9.17, 15) is 0 Å². The van der Waals surface area contributed by atoms with Crippen molar-refractivity contribution in [3.05, 3.63) is 66.4 Å². The highest BCUT2D eigenvalue weighted by Gasteiger charge is 2.05. The summed E-state index contributed by atoms with van der Waals surface area (Å²) < 4.78 is 0. The Hall–Kier alpha value is -2.79. The minimum atomic E-state index is 0.851. The van der Waals surface area contributed by atoms with Crippen LogP contribution in [0, 0.1) is 0 Å². The maximum absolute atomic E-state index is 4.61. The first-order valence-electron chi connectivity index (χ1n) is 6.86. The standard InChI is InChI=1S/C17H12N4S/c1-2-4-15-13(3-1)9-14(10-19-15)20-17-21-16(11-22-17)12-5-7-18-8-6-12/h1-11H,(H,20,21). The Morgan fingerprint density at radius 3 is 2.77 bits per heavy atom. The van der Waals surface area contributed by atoms with Crippen LogP contribution in [-0.4, -0.2) is 15.0 Å². The highest BCUT2D eigenvalue weighted by molar-refractivity contribution is 7.14. The van der Waals surface area contributed by atoms with Gasteiger partial charge in [0.2, 0.25) is 0 Å². The molecule has 0 radical (unpaired) electrons. The van der Waals surface area contributed by atoms with Gasteiger partial charge in [-0.2, -0.15) is 0 Å². The van der Waals surface area contributed by atoms with Crippen LogP contribution in [0.15, 0.2) is 66.4 Å². The summed E-state index contributed by atoms with van der Waals surface area (Å²) in [6.07, 6.45) is 5.37. The molecule has 0 bridgehead atoms. The average Bonchev–Trinajstić information content (AvgIpc) is 3.04. The van der Waals surface area contributed by atoms with Crippen molar-refractivity contribution in [1.82, 2.24) is 15.0 Å². The molecule has 3 aromatic heterocycles. The number of nitrogens with one attached hydrogen (secondary N) is 1. The number of benzene rings is 1. The van der Waals surface area contributed by atoms with E-state index in [1.54, 1.807) is 23.7 Å². The van der Waals surface area contributed by atoms with Gasteiger partial charge in [-0.3, -0.25) is 9.97 Å². The first-order chi connectivity index (χ1) is 10.9. The lowest BCUT2D eigenvalue weighted by Gasteiger charge is -2.03. The molecular formula is C17H12N4S. The quantitative estimate of drug-likeness (QED) is 0.605. The van der Waals surface area contributed by atoms with Gasteiger partial charge in [0.05, 0.1) is 23.1 Å². The lowest BCUT2D eigenvalue weighted by Crippen LogP contribution is -1.91. The predicted octanol–water partition coefficient (Wildman–Crippen LogP) is 4.50. The van der Waals surface area contributed by atoms with Crippen LogP contribution in [0.3, 0.4) is 0 Å². The Bertz CT molecular complexity index is 918. The van der Waals surface area contributed by atoms with Crippen molar-refractivity contribution in [2.75, 3.05) is 5.32 Å². The first-order valence-corrected chi connectivity index (χ1v) is 7.74. The Kier molecular flexibility index (Phi) is 3.25. The van der Waals surface area contributed by atoms with E-state index in [1.807, 2.05) is 41.9 Å². The molecule has 0 spiro atoms. The molecule has 1 aromatic carbocycles. The van der Waals surface area contributed by atoms with Crippen LogP contribution < -0.4 is 5.32 Å². The second-order valence-electron chi connectivity index (χ2n) is 4.82. The van der Waals surface area contributed by atoms with Crippen molar-refractivity contribution >= 4 is 33.1 Å². The van der Waals surface area contributed by atoms with Crippen molar-refractivity contribution in [2.24, 2.45) is 0 Å². The molecule has 4 rings (SSSR count). The van der Waals surface area contributed by atoms with E-state index in [-0.39, 0.29) is 0 Å². The molecule has 0 unspecified atom stereocenters. The number of thiazole rings is 1. The Balaban J connectivity index is 1.61. The molecule has 22 heavy (non-hydrogen) atoms. The number of para-hydroxylation sites is 1. The van der Waals surface area contributed by atoms with Gasteiger partial charge < -0.3 is 5.32 Å². The number of fused-ring (bicyclic) bond motifs is 1. The molecule has 0 saturated carbocycles. The molecule has 4 aromatic rings. The highest BCUT2D eigenvalue weighted by atomic mass is 32.1. The molecule has 5 heteroatoms. The van der Waals surface area contributed by atoms with Gasteiger partial charge in [0.25, 0.3) is 0 Å². The summed E-state index contributed by atoms with van der Waals surface area (Å²) in [6, 6.07) is 14.0. The summed E-state index contributed by atoms with van der Waals surface area (Å²) in [5, 5.41) is 7.31. The third kappa shape index (κ3) is 2.54. The SMILES string of the molecule is c1ccc2ncc(Nc3nc(-c4ccncc4)cs3)cc2c1. The Morgan fingerprint density at radius 2 is 1.86 bits per heavy atom. The number of hydrogen-bond acceptors (Lipinski definition) is 5. The van der Waals surface area contributed by atoms with Gasteiger partial charge >= 0.3 is 0 Å². The highest BCUT2D eigenvalue weighted by Crippen LogP contribution is 2.27. The molecule has 0 aliphatic carbocycles. The number of anilines is 2. The average molecular weight is 304 g/mol. The Labute approximate surface area is 131 Å². The van der Waals surface area contributed by atoms with Gasteiger partial charge in [0.15, 0.2) is 5.13 Å². The monoisotopic (exact) mass is 304 g/mol. The minimum absolute atomic E-state index is 0.851. The van der Waals surface area contributed by atoms with Crippen molar-refractivity contribution < 1.29 is 0 Å². The zero-order valence-corrected chi connectivity index (χ0v) is 12.4. The summed E-state index contributed by atoms with van der Waals surface area (Å²) in [5.74, 6) is 0. The number of aromatic nitrogens is 3. The van der Waals surface area contributed by atoms with Crippen LogP contribution in [0.25, 0.3) is 22.2 Å². The second-order valence-corrected chi connectivity index (χ2v) is 5.67. The van der Waals surface area contributed by atoms with Crippen molar-refractivity contribution in [3.63, 3.8) is 0 Å². The van der Waals surface area contributed by atoms with E-state index in [0.717, 1.165) is 33.0 Å². The van der Waals surface area contributed by atoms with E-state index in [0.29, 0.717) is 0 Å². The van der Waals surface area contributed by atoms with E-state index < -0.39 is 0 Å². The predicted molar refractivity (Wildman–Crippen MR) is 90.4 cm³/mol. The van der Waals surface area contributed by atoms with Gasteiger partial charge in [-0.05, 0) is 24.3 Å². The van der Waals surface area contributed by atoms with Gasteiger partial charge in [0, 0.05) is 28.7 Å². The number of nitrogens with zero attached hydrogens (tertiary/aromatic N) is 3. The summed E-state index contributed by atoms with van der Waals surface area (Å²) in [7, 11) is 0. The third-order valence-corrected chi connectivity index (χ3v) is 4.08. The Morgan fingerprint density at radius 1 is 1.00 bits per heavy atom.